The van der Waals surface area contributed by atoms with Crippen molar-refractivity contribution in [2.45, 2.75) is 46.5 Å². The molecule has 1 rings (SSSR count). The summed E-state index contributed by atoms with van der Waals surface area (Å²) in [5, 5.41) is 3.14. The van der Waals surface area contributed by atoms with Crippen LogP contribution < -0.4 is 5.32 Å². The molecule has 0 fully saturated rings. The van der Waals surface area contributed by atoms with Crippen LogP contribution in [0.4, 0.5) is 13.2 Å². The highest BCUT2D eigenvalue weighted by molar-refractivity contribution is 7.11. The van der Waals surface area contributed by atoms with E-state index in [4.69, 9.17) is 4.74 Å². The average molecular weight is 310 g/mol. The van der Waals surface area contributed by atoms with E-state index in [0.717, 1.165) is 11.3 Å². The highest BCUT2D eigenvalue weighted by Crippen LogP contribution is 2.42. The zero-order valence-corrected chi connectivity index (χ0v) is 13.2. The number of ether oxygens (including phenoxy) is 1. The topological polar surface area (TPSA) is 34.1 Å². The summed E-state index contributed by atoms with van der Waals surface area (Å²) >= 11 is 1.07. The molecule has 7 heteroatoms. The van der Waals surface area contributed by atoms with Crippen molar-refractivity contribution in [3.8, 4) is 0 Å². The van der Waals surface area contributed by atoms with Crippen LogP contribution in [-0.2, 0) is 17.5 Å². The van der Waals surface area contributed by atoms with E-state index in [2.05, 4.69) is 10.3 Å². The van der Waals surface area contributed by atoms with Gasteiger partial charge in [-0.2, -0.15) is 13.2 Å². The molecule has 0 bridgehead atoms. The van der Waals surface area contributed by atoms with Gasteiger partial charge in [0.25, 0.3) is 0 Å². The van der Waals surface area contributed by atoms with E-state index in [-0.39, 0.29) is 16.8 Å². The van der Waals surface area contributed by atoms with Gasteiger partial charge in [-0.25, -0.2) is 4.98 Å². The number of rotatable bonds is 5. The van der Waals surface area contributed by atoms with Crippen LogP contribution in [0.1, 0.15) is 49.4 Å². The van der Waals surface area contributed by atoms with Crippen LogP contribution >= 0.6 is 11.3 Å². The van der Waals surface area contributed by atoms with E-state index in [1.807, 2.05) is 27.7 Å². The summed E-state index contributed by atoms with van der Waals surface area (Å²) in [4.78, 5) is 4.01. The number of thiazole rings is 1. The molecule has 0 aliphatic heterocycles. The summed E-state index contributed by atoms with van der Waals surface area (Å²) in [5.74, 6) is 0. The molecular formula is C13H21F3N2OS. The second-order valence-electron chi connectivity index (χ2n) is 5.55. The van der Waals surface area contributed by atoms with E-state index < -0.39 is 18.0 Å². The van der Waals surface area contributed by atoms with Gasteiger partial charge in [0.2, 0.25) is 0 Å². The van der Waals surface area contributed by atoms with Gasteiger partial charge in [0, 0.05) is 13.2 Å². The molecule has 3 nitrogen and oxygen atoms in total. The first-order chi connectivity index (χ1) is 9.11. The quantitative estimate of drug-likeness (QED) is 0.892. The molecular weight excluding hydrogens is 289 g/mol. The summed E-state index contributed by atoms with van der Waals surface area (Å²) < 4.78 is 44.6. The molecule has 1 unspecified atom stereocenters. The van der Waals surface area contributed by atoms with Gasteiger partial charge >= 0.3 is 6.18 Å². The Morgan fingerprint density at radius 3 is 2.30 bits per heavy atom. The van der Waals surface area contributed by atoms with Gasteiger partial charge in [0.05, 0.1) is 4.88 Å². The molecule has 0 amide bonds. The first-order valence-corrected chi connectivity index (χ1v) is 7.25. The maximum atomic E-state index is 13.0. The number of halogens is 3. The number of nitrogens with one attached hydrogen (secondary N) is 1. The molecule has 0 saturated carbocycles. The Morgan fingerprint density at radius 1 is 1.30 bits per heavy atom. The Labute approximate surface area is 121 Å². The SMILES string of the molecule is CCOC(c1nc(C(F)(F)F)c(CNC)s1)C(C)(C)C. The van der Waals surface area contributed by atoms with Gasteiger partial charge in [-0.15, -0.1) is 11.3 Å². The highest BCUT2D eigenvalue weighted by Gasteiger charge is 2.39. The Kier molecular flexibility index (Phi) is 5.57. The van der Waals surface area contributed by atoms with Crippen molar-refractivity contribution in [3.63, 3.8) is 0 Å². The lowest BCUT2D eigenvalue weighted by atomic mass is 9.89. The van der Waals surface area contributed by atoms with Crippen LogP contribution in [0, 0.1) is 5.41 Å². The zero-order valence-electron chi connectivity index (χ0n) is 12.4. The molecule has 1 heterocycles. The highest BCUT2D eigenvalue weighted by atomic mass is 32.1. The van der Waals surface area contributed by atoms with E-state index in [1.54, 1.807) is 7.05 Å². The largest absolute Gasteiger partial charge is 0.434 e. The molecule has 1 N–H and O–H groups in total. The third-order valence-corrected chi connectivity index (χ3v) is 3.76. The fraction of sp³-hybridized carbons (Fsp3) is 0.769. The summed E-state index contributed by atoms with van der Waals surface area (Å²) in [6.07, 6.45) is -4.88. The average Bonchev–Trinajstić information content (AvgIpc) is 2.68. The van der Waals surface area contributed by atoms with Crippen molar-refractivity contribution >= 4 is 11.3 Å². The molecule has 0 saturated heterocycles. The maximum Gasteiger partial charge on any atom is 0.434 e. The molecule has 1 aromatic rings. The summed E-state index contributed by atoms with van der Waals surface area (Å²) in [5.41, 5.74) is -1.12. The van der Waals surface area contributed by atoms with Gasteiger partial charge < -0.3 is 10.1 Å². The monoisotopic (exact) mass is 310 g/mol. The standard InChI is InChI=1S/C13H21F3N2OS/c1-6-19-10(12(2,3)4)11-18-9(13(14,15)16)8(20-11)7-17-5/h10,17H,6-7H2,1-5H3. The van der Waals surface area contributed by atoms with Gasteiger partial charge in [0.1, 0.15) is 11.1 Å². The minimum atomic E-state index is -4.43. The second kappa shape index (κ2) is 6.41. The van der Waals surface area contributed by atoms with Gasteiger partial charge in [0.15, 0.2) is 5.69 Å². The first-order valence-electron chi connectivity index (χ1n) is 6.44. The minimum absolute atomic E-state index is 0.148. The van der Waals surface area contributed by atoms with Crippen molar-refractivity contribution in [2.24, 2.45) is 5.41 Å². The number of alkyl halides is 3. The van der Waals surface area contributed by atoms with E-state index in [1.165, 1.54) is 0 Å². The van der Waals surface area contributed by atoms with Crippen molar-refractivity contribution in [2.75, 3.05) is 13.7 Å². The van der Waals surface area contributed by atoms with Crippen LogP contribution in [0.15, 0.2) is 0 Å². The lowest BCUT2D eigenvalue weighted by Gasteiger charge is -2.28. The molecule has 0 aromatic carbocycles. The van der Waals surface area contributed by atoms with Crippen molar-refractivity contribution in [3.05, 3.63) is 15.6 Å². The summed E-state index contributed by atoms with van der Waals surface area (Å²) in [7, 11) is 1.61. The predicted octanol–water partition coefficient (Wildman–Crippen LogP) is 4.01. The minimum Gasteiger partial charge on any atom is -0.371 e. The molecule has 116 valence electrons. The molecule has 0 aliphatic rings. The summed E-state index contributed by atoms with van der Waals surface area (Å²) in [6, 6.07) is 0. The van der Waals surface area contributed by atoms with Gasteiger partial charge in [-0.1, -0.05) is 20.8 Å². The molecule has 0 spiro atoms. The molecule has 0 radical (unpaired) electrons. The Balaban J connectivity index is 3.24. The van der Waals surface area contributed by atoms with E-state index in [9.17, 15) is 13.2 Å². The Hall–Kier alpha value is -0.660. The Bertz CT molecular complexity index is 438. The molecule has 1 aromatic heterocycles. The number of nitrogens with zero attached hydrogens (tertiary/aromatic N) is 1. The van der Waals surface area contributed by atoms with Gasteiger partial charge in [-0.3, -0.25) is 0 Å². The normalized spacial score (nSPS) is 14.6. The van der Waals surface area contributed by atoms with Crippen LogP contribution in [0.3, 0.4) is 0 Å². The van der Waals surface area contributed by atoms with Crippen molar-refractivity contribution in [1.29, 1.82) is 0 Å². The second-order valence-corrected chi connectivity index (χ2v) is 6.67. The number of hydrogen-bond acceptors (Lipinski definition) is 4. The lowest BCUT2D eigenvalue weighted by Crippen LogP contribution is -2.21. The van der Waals surface area contributed by atoms with Crippen LogP contribution in [0.5, 0.6) is 0 Å². The van der Waals surface area contributed by atoms with Crippen LogP contribution in [0.2, 0.25) is 0 Å². The number of aromatic nitrogens is 1. The fourth-order valence-electron chi connectivity index (χ4n) is 1.84. The van der Waals surface area contributed by atoms with E-state index in [0.29, 0.717) is 11.6 Å². The maximum absolute atomic E-state index is 13.0. The van der Waals surface area contributed by atoms with Crippen LogP contribution in [0.25, 0.3) is 0 Å². The third-order valence-electron chi connectivity index (χ3n) is 2.66. The molecule has 20 heavy (non-hydrogen) atoms. The molecule has 1 atom stereocenters. The van der Waals surface area contributed by atoms with Crippen molar-refractivity contribution < 1.29 is 17.9 Å². The Morgan fingerprint density at radius 2 is 1.90 bits per heavy atom. The smallest absolute Gasteiger partial charge is 0.371 e. The zero-order chi connectivity index (χ0) is 15.6. The molecule has 0 aliphatic carbocycles. The lowest BCUT2D eigenvalue weighted by molar-refractivity contribution is -0.141. The fourth-order valence-corrected chi connectivity index (χ4v) is 3.23. The summed E-state index contributed by atoms with van der Waals surface area (Å²) in [6.45, 7) is 8.20. The number of hydrogen-bond donors (Lipinski definition) is 1. The first kappa shape index (κ1) is 17.4. The third kappa shape index (κ3) is 4.17. The predicted molar refractivity (Wildman–Crippen MR) is 73.7 cm³/mol. The van der Waals surface area contributed by atoms with Crippen LogP contribution in [-0.4, -0.2) is 18.6 Å². The van der Waals surface area contributed by atoms with Crippen molar-refractivity contribution in [1.82, 2.24) is 10.3 Å². The van der Waals surface area contributed by atoms with E-state index >= 15 is 0 Å². The van der Waals surface area contributed by atoms with Gasteiger partial charge in [-0.05, 0) is 19.4 Å².